The monoisotopic (exact) mass is 185 g/mol. The first-order chi connectivity index (χ1) is 6.36. The summed E-state index contributed by atoms with van der Waals surface area (Å²) in [6.07, 6.45) is 4.57. The van der Waals surface area contributed by atoms with Crippen molar-refractivity contribution in [2.75, 3.05) is 26.3 Å². The third-order valence-corrected chi connectivity index (χ3v) is 1.59. The summed E-state index contributed by atoms with van der Waals surface area (Å²) in [6, 6.07) is 0. The zero-order chi connectivity index (χ0) is 9.52. The third-order valence-electron chi connectivity index (χ3n) is 1.59. The van der Waals surface area contributed by atoms with Crippen LogP contribution in [0.4, 0.5) is 5.69 Å². The lowest BCUT2D eigenvalue weighted by molar-refractivity contribution is 0.189. The van der Waals surface area contributed by atoms with E-state index in [0.717, 1.165) is 25.3 Å². The first-order valence-electron chi connectivity index (χ1n) is 4.17. The van der Waals surface area contributed by atoms with Crippen LogP contribution >= 0.6 is 0 Å². The minimum Gasteiger partial charge on any atom is -0.385 e. The number of hydrogen-bond donors (Lipinski definition) is 1. The molecule has 1 heterocycles. The molecule has 0 spiro atoms. The van der Waals surface area contributed by atoms with E-state index in [2.05, 4.69) is 10.6 Å². The van der Waals surface area contributed by atoms with E-state index >= 15 is 0 Å². The second-order valence-electron chi connectivity index (χ2n) is 2.64. The second kappa shape index (κ2) is 5.55. The molecule has 0 unspecified atom stereocenters. The van der Waals surface area contributed by atoms with Gasteiger partial charge in [-0.3, -0.25) is 15.0 Å². The standard InChI is InChI=1S/C8H15N3O2/c1-12-5-3-4-11-7-8(6-9-11)10-13-2/h6-7,10H,3-5H2,1-2H3. The van der Waals surface area contributed by atoms with Crippen LogP contribution < -0.4 is 5.48 Å². The summed E-state index contributed by atoms with van der Waals surface area (Å²) in [6.45, 7) is 1.62. The average molecular weight is 185 g/mol. The van der Waals surface area contributed by atoms with Crippen molar-refractivity contribution in [3.05, 3.63) is 12.4 Å². The number of anilines is 1. The highest BCUT2D eigenvalue weighted by molar-refractivity contribution is 5.34. The fourth-order valence-electron chi connectivity index (χ4n) is 1.03. The topological polar surface area (TPSA) is 48.3 Å². The normalized spacial score (nSPS) is 10.3. The lowest BCUT2D eigenvalue weighted by atomic mass is 10.4. The van der Waals surface area contributed by atoms with Crippen LogP contribution in [0, 0.1) is 0 Å². The van der Waals surface area contributed by atoms with Gasteiger partial charge in [0.05, 0.1) is 25.2 Å². The van der Waals surface area contributed by atoms with E-state index in [1.165, 1.54) is 0 Å². The Labute approximate surface area is 77.6 Å². The van der Waals surface area contributed by atoms with E-state index in [4.69, 9.17) is 9.57 Å². The number of aromatic nitrogens is 2. The van der Waals surface area contributed by atoms with E-state index < -0.39 is 0 Å². The van der Waals surface area contributed by atoms with E-state index in [0.29, 0.717) is 0 Å². The number of nitrogens with zero attached hydrogens (tertiary/aromatic N) is 2. The Morgan fingerprint density at radius 2 is 2.38 bits per heavy atom. The summed E-state index contributed by atoms with van der Waals surface area (Å²) in [5, 5.41) is 4.13. The molecule has 0 aliphatic heterocycles. The highest BCUT2D eigenvalue weighted by Gasteiger charge is 1.96. The molecular weight excluding hydrogens is 170 g/mol. The summed E-state index contributed by atoms with van der Waals surface area (Å²) in [5.41, 5.74) is 3.56. The molecule has 1 aromatic rings. The molecule has 1 N–H and O–H groups in total. The number of hydrogen-bond acceptors (Lipinski definition) is 4. The Morgan fingerprint density at radius 1 is 1.54 bits per heavy atom. The summed E-state index contributed by atoms with van der Waals surface area (Å²) < 4.78 is 6.78. The Hall–Kier alpha value is -1.07. The number of rotatable bonds is 6. The van der Waals surface area contributed by atoms with Gasteiger partial charge in [-0.05, 0) is 6.42 Å². The lowest BCUT2D eigenvalue weighted by Gasteiger charge is -1.99. The molecule has 0 fully saturated rings. The van der Waals surface area contributed by atoms with Gasteiger partial charge in [0, 0.05) is 20.3 Å². The van der Waals surface area contributed by atoms with Crippen LogP contribution in [0.1, 0.15) is 6.42 Å². The van der Waals surface area contributed by atoms with E-state index in [1.54, 1.807) is 20.4 Å². The molecule has 0 saturated heterocycles. The zero-order valence-corrected chi connectivity index (χ0v) is 7.99. The maximum Gasteiger partial charge on any atom is 0.0983 e. The smallest absolute Gasteiger partial charge is 0.0983 e. The molecule has 0 aliphatic carbocycles. The number of methoxy groups -OCH3 is 1. The summed E-state index contributed by atoms with van der Waals surface area (Å²) >= 11 is 0. The predicted molar refractivity (Wildman–Crippen MR) is 49.4 cm³/mol. The fraction of sp³-hybridized carbons (Fsp3) is 0.625. The van der Waals surface area contributed by atoms with E-state index in [1.807, 2.05) is 10.9 Å². The van der Waals surface area contributed by atoms with Crippen molar-refractivity contribution in [3.63, 3.8) is 0 Å². The van der Waals surface area contributed by atoms with Crippen molar-refractivity contribution < 1.29 is 9.57 Å². The minimum absolute atomic E-state index is 0.757. The van der Waals surface area contributed by atoms with E-state index in [-0.39, 0.29) is 0 Å². The quantitative estimate of drug-likeness (QED) is 0.528. The first-order valence-corrected chi connectivity index (χ1v) is 4.17. The highest BCUT2D eigenvalue weighted by atomic mass is 16.6. The van der Waals surface area contributed by atoms with Gasteiger partial charge in [-0.25, -0.2) is 0 Å². The highest BCUT2D eigenvalue weighted by Crippen LogP contribution is 2.04. The van der Waals surface area contributed by atoms with Crippen molar-refractivity contribution in [2.24, 2.45) is 0 Å². The van der Waals surface area contributed by atoms with E-state index in [9.17, 15) is 0 Å². The second-order valence-corrected chi connectivity index (χ2v) is 2.64. The fourth-order valence-corrected chi connectivity index (χ4v) is 1.03. The number of nitrogens with one attached hydrogen (secondary N) is 1. The minimum atomic E-state index is 0.757. The van der Waals surface area contributed by atoms with Crippen LogP contribution in [0.15, 0.2) is 12.4 Å². The molecular formula is C8H15N3O2. The van der Waals surface area contributed by atoms with Gasteiger partial charge < -0.3 is 4.74 Å². The van der Waals surface area contributed by atoms with Gasteiger partial charge in [-0.15, -0.1) is 0 Å². The molecule has 0 atom stereocenters. The average Bonchev–Trinajstić information content (AvgIpc) is 2.54. The van der Waals surface area contributed by atoms with Crippen molar-refractivity contribution >= 4 is 5.69 Å². The van der Waals surface area contributed by atoms with Crippen molar-refractivity contribution in [2.45, 2.75) is 13.0 Å². The largest absolute Gasteiger partial charge is 0.385 e. The van der Waals surface area contributed by atoms with Crippen molar-refractivity contribution in [1.82, 2.24) is 9.78 Å². The molecule has 1 aromatic heterocycles. The van der Waals surface area contributed by atoms with Gasteiger partial charge in [0.1, 0.15) is 0 Å². The molecule has 0 aliphatic rings. The van der Waals surface area contributed by atoms with Crippen LogP contribution in [0.25, 0.3) is 0 Å². The molecule has 0 aromatic carbocycles. The van der Waals surface area contributed by atoms with Gasteiger partial charge in [-0.2, -0.15) is 5.10 Å². The summed E-state index contributed by atoms with van der Waals surface area (Å²) in [7, 11) is 3.27. The Morgan fingerprint density at radius 3 is 3.08 bits per heavy atom. The number of aryl methyl sites for hydroxylation is 1. The molecule has 5 nitrogen and oxygen atoms in total. The predicted octanol–water partition coefficient (Wildman–Crippen LogP) is 0.893. The Kier molecular flexibility index (Phi) is 4.28. The van der Waals surface area contributed by atoms with Gasteiger partial charge in [-0.1, -0.05) is 0 Å². The van der Waals surface area contributed by atoms with Crippen LogP contribution in [-0.2, 0) is 16.1 Å². The van der Waals surface area contributed by atoms with Crippen LogP contribution in [0.2, 0.25) is 0 Å². The molecule has 0 amide bonds. The maximum absolute atomic E-state index is 4.94. The first kappa shape index (κ1) is 10.0. The van der Waals surface area contributed by atoms with Gasteiger partial charge >= 0.3 is 0 Å². The molecule has 0 bridgehead atoms. The third kappa shape index (κ3) is 3.43. The number of ether oxygens (including phenoxy) is 1. The van der Waals surface area contributed by atoms with Crippen LogP contribution in [0.3, 0.4) is 0 Å². The molecule has 5 heteroatoms. The van der Waals surface area contributed by atoms with Gasteiger partial charge in [0.2, 0.25) is 0 Å². The van der Waals surface area contributed by atoms with Gasteiger partial charge in [0.25, 0.3) is 0 Å². The van der Waals surface area contributed by atoms with Crippen LogP contribution in [0.5, 0.6) is 0 Å². The van der Waals surface area contributed by atoms with Gasteiger partial charge in [0.15, 0.2) is 0 Å². The Balaban J connectivity index is 2.31. The molecule has 74 valence electrons. The zero-order valence-electron chi connectivity index (χ0n) is 7.99. The SMILES string of the molecule is COCCCn1cc(NOC)cn1. The summed E-state index contributed by atoms with van der Waals surface area (Å²) in [5.74, 6) is 0. The molecule has 1 rings (SSSR count). The van der Waals surface area contributed by atoms with Crippen molar-refractivity contribution in [1.29, 1.82) is 0 Å². The molecule has 13 heavy (non-hydrogen) atoms. The summed E-state index contributed by atoms with van der Waals surface area (Å²) in [4.78, 5) is 4.74. The van der Waals surface area contributed by atoms with Crippen LogP contribution in [-0.4, -0.2) is 30.6 Å². The molecule has 0 saturated carbocycles. The van der Waals surface area contributed by atoms with Crippen molar-refractivity contribution in [3.8, 4) is 0 Å². The molecule has 0 radical (unpaired) electrons. The maximum atomic E-state index is 4.94. The Bertz CT molecular complexity index is 237. The lowest BCUT2D eigenvalue weighted by Crippen LogP contribution is -2.01.